The highest BCUT2D eigenvalue weighted by molar-refractivity contribution is 8.16. The molecule has 3 rings (SSSR count). The fourth-order valence-corrected chi connectivity index (χ4v) is 6.90. The van der Waals surface area contributed by atoms with E-state index in [1.165, 1.54) is 17.8 Å². The van der Waals surface area contributed by atoms with Gasteiger partial charge in [0.25, 0.3) is 5.91 Å². The van der Waals surface area contributed by atoms with Gasteiger partial charge in [0.2, 0.25) is 0 Å². The van der Waals surface area contributed by atoms with Gasteiger partial charge in [-0.25, -0.2) is 12.8 Å². The van der Waals surface area contributed by atoms with Crippen molar-refractivity contribution in [1.29, 1.82) is 0 Å². The first kappa shape index (κ1) is 18.4. The maximum atomic E-state index is 14.0. The van der Waals surface area contributed by atoms with Crippen LogP contribution in [0.3, 0.4) is 0 Å². The molecular formula is C17H21FN2O3S2. The largest absolute Gasteiger partial charge is 0.315 e. The Bertz CT molecular complexity index is 838. The van der Waals surface area contributed by atoms with Gasteiger partial charge >= 0.3 is 0 Å². The molecule has 3 atom stereocenters. The van der Waals surface area contributed by atoms with Gasteiger partial charge in [0.15, 0.2) is 15.0 Å². The van der Waals surface area contributed by atoms with Gasteiger partial charge in [-0.3, -0.25) is 4.79 Å². The lowest BCUT2D eigenvalue weighted by molar-refractivity contribution is -0.121. The van der Waals surface area contributed by atoms with Crippen molar-refractivity contribution in [1.82, 2.24) is 0 Å². The molecule has 2 aliphatic rings. The van der Waals surface area contributed by atoms with Crippen molar-refractivity contribution < 1.29 is 17.6 Å². The maximum absolute atomic E-state index is 14.0. The van der Waals surface area contributed by atoms with Gasteiger partial charge in [-0.2, -0.15) is 4.99 Å². The van der Waals surface area contributed by atoms with E-state index in [4.69, 9.17) is 0 Å². The Balaban J connectivity index is 2.02. The Morgan fingerprint density at radius 1 is 1.44 bits per heavy atom. The molecular weight excluding hydrogens is 363 g/mol. The molecule has 0 N–H and O–H groups in total. The summed E-state index contributed by atoms with van der Waals surface area (Å²) in [6.45, 7) is 5.40. The van der Waals surface area contributed by atoms with Crippen LogP contribution in [-0.2, 0) is 14.6 Å². The Kier molecular flexibility index (Phi) is 4.94. The molecule has 1 aromatic carbocycles. The molecule has 5 nitrogen and oxygen atoms in total. The van der Waals surface area contributed by atoms with Crippen LogP contribution >= 0.6 is 11.8 Å². The molecule has 136 valence electrons. The summed E-state index contributed by atoms with van der Waals surface area (Å²) in [4.78, 5) is 18.2. The van der Waals surface area contributed by atoms with Gasteiger partial charge in [-0.15, -0.1) is 0 Å². The third-order valence-electron chi connectivity index (χ3n) is 4.74. The number of aliphatic imine (C=N–C) groups is 1. The SMILES string of the molecule is CC[C@H](C)C(=O)N=C1S[C@@H]2CS(=O)(=O)C[C@H]2N1c1ccc(C)c(F)c1. The molecule has 2 heterocycles. The summed E-state index contributed by atoms with van der Waals surface area (Å²) in [6.07, 6.45) is 0.681. The summed E-state index contributed by atoms with van der Waals surface area (Å²) in [5.41, 5.74) is 1.05. The van der Waals surface area contributed by atoms with Crippen LogP contribution in [0.5, 0.6) is 0 Å². The number of carbonyl (C=O) groups is 1. The second kappa shape index (κ2) is 6.72. The monoisotopic (exact) mass is 384 g/mol. The molecule has 1 aromatic rings. The Morgan fingerprint density at radius 2 is 2.16 bits per heavy atom. The van der Waals surface area contributed by atoms with E-state index in [-0.39, 0.29) is 40.4 Å². The number of anilines is 1. The van der Waals surface area contributed by atoms with Gasteiger partial charge in [0, 0.05) is 16.9 Å². The number of carbonyl (C=O) groups excluding carboxylic acids is 1. The third kappa shape index (κ3) is 3.60. The summed E-state index contributed by atoms with van der Waals surface area (Å²) in [5, 5.41) is 0.288. The number of fused-ring (bicyclic) bond motifs is 1. The number of nitrogens with zero attached hydrogens (tertiary/aromatic N) is 2. The van der Waals surface area contributed by atoms with Gasteiger partial charge in [0.05, 0.1) is 17.5 Å². The number of amides is 1. The Hall–Kier alpha value is -1.41. The molecule has 1 amide bonds. The van der Waals surface area contributed by atoms with Crippen LogP contribution in [0.2, 0.25) is 0 Å². The first-order valence-electron chi connectivity index (χ1n) is 8.27. The van der Waals surface area contributed by atoms with E-state index in [1.807, 2.05) is 13.8 Å². The van der Waals surface area contributed by atoms with Crippen LogP contribution in [0, 0.1) is 18.7 Å². The van der Waals surface area contributed by atoms with Crippen molar-refractivity contribution in [2.45, 2.75) is 38.5 Å². The smallest absolute Gasteiger partial charge is 0.250 e. The summed E-state index contributed by atoms with van der Waals surface area (Å²) < 4.78 is 38.1. The van der Waals surface area contributed by atoms with E-state index in [1.54, 1.807) is 24.0 Å². The molecule has 0 saturated carbocycles. The summed E-state index contributed by atoms with van der Waals surface area (Å²) in [7, 11) is -3.13. The zero-order valence-corrected chi connectivity index (χ0v) is 16.0. The molecule has 0 aliphatic carbocycles. The van der Waals surface area contributed by atoms with E-state index in [2.05, 4.69) is 4.99 Å². The lowest BCUT2D eigenvalue weighted by Gasteiger charge is -2.25. The molecule has 2 fully saturated rings. The Morgan fingerprint density at radius 3 is 2.80 bits per heavy atom. The van der Waals surface area contributed by atoms with Crippen LogP contribution in [0.15, 0.2) is 23.2 Å². The van der Waals surface area contributed by atoms with Crippen LogP contribution in [0.1, 0.15) is 25.8 Å². The molecule has 0 radical (unpaired) electrons. The molecule has 2 aliphatic heterocycles. The highest BCUT2D eigenvalue weighted by Gasteiger charge is 2.49. The quantitative estimate of drug-likeness (QED) is 0.802. The molecule has 8 heteroatoms. The van der Waals surface area contributed by atoms with Crippen molar-refractivity contribution in [3.8, 4) is 0 Å². The summed E-state index contributed by atoms with van der Waals surface area (Å²) in [5.74, 6) is -0.737. The van der Waals surface area contributed by atoms with Gasteiger partial charge < -0.3 is 4.90 Å². The minimum atomic E-state index is -3.13. The standard InChI is InChI=1S/C17H21FN2O3S2/c1-4-10(2)16(21)19-17-20(12-6-5-11(3)13(18)7-12)14-8-25(22,23)9-15(14)24-17/h5-7,10,14-15H,4,8-9H2,1-3H3/t10-,14+,15+/m0/s1. The number of hydrogen-bond donors (Lipinski definition) is 0. The minimum Gasteiger partial charge on any atom is -0.315 e. The molecule has 0 unspecified atom stereocenters. The van der Waals surface area contributed by atoms with Crippen LogP contribution in [0.25, 0.3) is 0 Å². The zero-order chi connectivity index (χ0) is 18.4. The molecule has 0 bridgehead atoms. The molecule has 0 aromatic heterocycles. The van der Waals surface area contributed by atoms with E-state index in [0.717, 1.165) is 0 Å². The van der Waals surface area contributed by atoms with E-state index in [0.29, 0.717) is 22.8 Å². The van der Waals surface area contributed by atoms with Crippen molar-refractivity contribution in [3.05, 3.63) is 29.6 Å². The fourth-order valence-electron chi connectivity index (χ4n) is 2.98. The van der Waals surface area contributed by atoms with E-state index < -0.39 is 9.84 Å². The number of thioether (sulfide) groups is 1. The molecule has 2 saturated heterocycles. The number of hydrogen-bond acceptors (Lipinski definition) is 4. The van der Waals surface area contributed by atoms with Gasteiger partial charge in [-0.05, 0) is 31.0 Å². The van der Waals surface area contributed by atoms with Crippen LogP contribution in [-0.4, -0.2) is 42.3 Å². The number of rotatable bonds is 3. The number of amidine groups is 1. The van der Waals surface area contributed by atoms with Crippen LogP contribution < -0.4 is 4.90 Å². The van der Waals surface area contributed by atoms with Crippen molar-refractivity contribution in [3.63, 3.8) is 0 Å². The fraction of sp³-hybridized carbons (Fsp3) is 0.529. The highest BCUT2D eigenvalue weighted by atomic mass is 32.2. The Labute approximate surface area is 151 Å². The number of halogens is 1. The lowest BCUT2D eigenvalue weighted by atomic mass is 10.1. The van der Waals surface area contributed by atoms with Crippen molar-refractivity contribution in [2.75, 3.05) is 16.4 Å². The topological polar surface area (TPSA) is 66.8 Å². The second-order valence-corrected chi connectivity index (χ2v) is 10.0. The van der Waals surface area contributed by atoms with Gasteiger partial charge in [0.1, 0.15) is 5.82 Å². The van der Waals surface area contributed by atoms with Crippen molar-refractivity contribution >= 4 is 38.4 Å². The van der Waals surface area contributed by atoms with Gasteiger partial charge in [-0.1, -0.05) is 31.7 Å². The zero-order valence-electron chi connectivity index (χ0n) is 14.4. The van der Waals surface area contributed by atoms with Crippen molar-refractivity contribution in [2.24, 2.45) is 10.9 Å². The maximum Gasteiger partial charge on any atom is 0.250 e. The van der Waals surface area contributed by atoms with E-state index >= 15 is 0 Å². The normalized spacial score (nSPS) is 27.5. The third-order valence-corrected chi connectivity index (χ3v) is 7.95. The predicted molar refractivity (Wildman–Crippen MR) is 99.3 cm³/mol. The molecule has 25 heavy (non-hydrogen) atoms. The summed E-state index contributed by atoms with van der Waals surface area (Å²) >= 11 is 1.31. The number of aryl methyl sites for hydroxylation is 1. The number of sulfone groups is 1. The van der Waals surface area contributed by atoms with Crippen LogP contribution in [0.4, 0.5) is 10.1 Å². The van der Waals surface area contributed by atoms with E-state index in [9.17, 15) is 17.6 Å². The molecule has 0 spiro atoms. The average Bonchev–Trinajstić information content (AvgIpc) is 3.00. The summed E-state index contributed by atoms with van der Waals surface area (Å²) in [6, 6.07) is 4.46. The average molecular weight is 384 g/mol. The second-order valence-electron chi connectivity index (χ2n) is 6.65. The first-order valence-corrected chi connectivity index (χ1v) is 11.0. The highest BCUT2D eigenvalue weighted by Crippen LogP contribution is 2.41. The lowest BCUT2D eigenvalue weighted by Crippen LogP contribution is -2.38. The predicted octanol–water partition coefficient (Wildman–Crippen LogP) is 2.78. The minimum absolute atomic E-state index is 0.00327. The number of benzene rings is 1. The first-order chi connectivity index (χ1) is 11.7.